The second-order valence-corrected chi connectivity index (χ2v) is 4.11. The molecule has 0 aromatic rings. The van der Waals surface area contributed by atoms with Gasteiger partial charge in [-0.2, -0.15) is 0 Å². The molecular weight excluding hydrogens is 218 g/mol. The molecule has 0 aromatic heterocycles. The number of hydrogen-bond acceptors (Lipinski definition) is 1. The molecule has 0 aliphatic rings. The van der Waals surface area contributed by atoms with Gasteiger partial charge in [0.25, 0.3) is 0 Å². The molecule has 1 nitrogen and oxygen atoms in total. The van der Waals surface area contributed by atoms with Crippen molar-refractivity contribution in [3.63, 3.8) is 0 Å². The molecule has 0 heterocycles. The Morgan fingerprint density at radius 2 is 1.78 bits per heavy atom. The van der Waals surface area contributed by atoms with Crippen molar-refractivity contribution in [3.8, 4) is 0 Å². The summed E-state index contributed by atoms with van der Waals surface area (Å²) >= 11 is 0. The third kappa shape index (κ3) is 17.8. The fourth-order valence-corrected chi connectivity index (χ4v) is 1.58. The lowest BCUT2D eigenvalue weighted by Gasteiger charge is -2.15. The lowest BCUT2D eigenvalue weighted by atomic mass is 9.91. The Morgan fingerprint density at radius 1 is 1.22 bits per heavy atom. The molecule has 0 saturated carbocycles. The van der Waals surface area contributed by atoms with Crippen molar-refractivity contribution in [2.45, 2.75) is 66.7 Å². The van der Waals surface area contributed by atoms with E-state index in [9.17, 15) is 0 Å². The first-order valence-electron chi connectivity index (χ1n) is 7.60. The maximum Gasteiger partial charge on any atom is 0.0129 e. The summed E-state index contributed by atoms with van der Waals surface area (Å²) in [4.78, 5) is 0. The number of rotatable bonds is 8. The number of allylic oxidation sites excluding steroid dienone is 1. The minimum Gasteiger partial charge on any atom is -0.316 e. The highest BCUT2D eigenvalue weighted by Gasteiger charge is 2.07. The van der Waals surface area contributed by atoms with Crippen LogP contribution in [0.1, 0.15) is 66.7 Å². The lowest BCUT2D eigenvalue weighted by molar-refractivity contribution is 0.505. The van der Waals surface area contributed by atoms with E-state index in [1.54, 1.807) is 0 Å². The molecule has 0 aliphatic heterocycles. The SMILES string of the molecule is C=C(CC)C(CC)CCCC.C=CCNC.CC. The van der Waals surface area contributed by atoms with Crippen molar-refractivity contribution in [1.29, 1.82) is 0 Å². The fraction of sp³-hybridized carbons (Fsp3) is 0.765. The first-order valence-corrected chi connectivity index (χ1v) is 7.60. The lowest BCUT2D eigenvalue weighted by Crippen LogP contribution is -2.02. The largest absolute Gasteiger partial charge is 0.316 e. The Labute approximate surface area is 117 Å². The zero-order chi connectivity index (χ0) is 14.8. The summed E-state index contributed by atoms with van der Waals surface area (Å²) in [5.74, 6) is 0.792. The Balaban J connectivity index is -0.000000270. The zero-order valence-electron chi connectivity index (χ0n) is 13.8. The monoisotopic (exact) mass is 255 g/mol. The van der Waals surface area contributed by atoms with Crippen LogP contribution in [-0.2, 0) is 0 Å². The van der Waals surface area contributed by atoms with Crippen LogP contribution >= 0.6 is 0 Å². The summed E-state index contributed by atoms with van der Waals surface area (Å²) in [5, 5.41) is 2.90. The van der Waals surface area contributed by atoms with Crippen LogP contribution in [0.25, 0.3) is 0 Å². The summed E-state index contributed by atoms with van der Waals surface area (Å²) in [6, 6.07) is 0. The maximum atomic E-state index is 4.10. The van der Waals surface area contributed by atoms with Gasteiger partial charge in [0.05, 0.1) is 0 Å². The van der Waals surface area contributed by atoms with Gasteiger partial charge >= 0.3 is 0 Å². The van der Waals surface area contributed by atoms with Crippen molar-refractivity contribution in [3.05, 3.63) is 24.8 Å². The molecule has 0 saturated heterocycles. The second-order valence-electron chi connectivity index (χ2n) is 4.11. The number of hydrogen-bond donors (Lipinski definition) is 1. The maximum absolute atomic E-state index is 4.10. The number of unbranched alkanes of at least 4 members (excludes halogenated alkanes) is 1. The summed E-state index contributed by atoms with van der Waals surface area (Å²) in [5.41, 5.74) is 1.45. The van der Waals surface area contributed by atoms with E-state index in [0.717, 1.165) is 18.9 Å². The second kappa shape index (κ2) is 21.7. The van der Waals surface area contributed by atoms with Gasteiger partial charge in [-0.1, -0.05) is 65.7 Å². The smallest absolute Gasteiger partial charge is 0.0129 e. The predicted molar refractivity (Wildman–Crippen MR) is 88.2 cm³/mol. The molecule has 0 amide bonds. The van der Waals surface area contributed by atoms with Gasteiger partial charge in [-0.15, -0.1) is 6.58 Å². The molecule has 0 radical (unpaired) electrons. The standard InChI is InChI=1S/C11H22.C4H9N.C2H6/c1-5-8-9-11(7-3)10(4)6-2;1-3-4-5-2;1-2/h11H,4-9H2,1-3H3;3,5H,1,4H2,2H3;1-2H3. The molecular formula is C17H37N. The van der Waals surface area contributed by atoms with Crippen LogP contribution < -0.4 is 5.32 Å². The normalized spacial score (nSPS) is 10.3. The quantitative estimate of drug-likeness (QED) is 0.558. The first-order chi connectivity index (χ1) is 8.67. The Hall–Kier alpha value is -0.560. The first kappa shape index (κ1) is 22.6. The van der Waals surface area contributed by atoms with Gasteiger partial charge in [-0.3, -0.25) is 0 Å². The minimum absolute atomic E-state index is 0.792. The molecule has 0 bridgehead atoms. The Morgan fingerprint density at radius 3 is 2.00 bits per heavy atom. The summed E-state index contributed by atoms with van der Waals surface area (Å²) in [6.07, 6.45) is 8.26. The Bertz CT molecular complexity index is 161. The van der Waals surface area contributed by atoms with Crippen LogP contribution in [-0.4, -0.2) is 13.6 Å². The van der Waals surface area contributed by atoms with Gasteiger partial charge in [-0.05, 0) is 32.2 Å². The van der Waals surface area contributed by atoms with Crippen molar-refractivity contribution in [2.24, 2.45) is 5.92 Å². The Kier molecular flexibility index (Phi) is 27.2. The van der Waals surface area contributed by atoms with E-state index in [1.165, 1.54) is 31.3 Å². The van der Waals surface area contributed by atoms with Crippen LogP contribution in [0.5, 0.6) is 0 Å². The van der Waals surface area contributed by atoms with Gasteiger partial charge in [-0.25, -0.2) is 0 Å². The molecule has 0 spiro atoms. The van der Waals surface area contributed by atoms with E-state index < -0.39 is 0 Å². The average molecular weight is 255 g/mol. The van der Waals surface area contributed by atoms with E-state index >= 15 is 0 Å². The van der Waals surface area contributed by atoms with Crippen molar-refractivity contribution < 1.29 is 0 Å². The summed E-state index contributed by atoms with van der Waals surface area (Å²) in [6.45, 7) is 19.2. The van der Waals surface area contributed by atoms with Gasteiger partial charge in [0.15, 0.2) is 0 Å². The fourth-order valence-electron chi connectivity index (χ4n) is 1.58. The van der Waals surface area contributed by atoms with Crippen LogP contribution in [0.3, 0.4) is 0 Å². The number of likely N-dealkylation sites (N-methyl/N-ethyl adjacent to an activating group) is 1. The van der Waals surface area contributed by atoms with Gasteiger partial charge in [0.1, 0.15) is 0 Å². The molecule has 1 unspecified atom stereocenters. The van der Waals surface area contributed by atoms with Gasteiger partial charge < -0.3 is 5.32 Å². The highest BCUT2D eigenvalue weighted by molar-refractivity contribution is 4.98. The van der Waals surface area contributed by atoms with E-state index in [2.05, 4.69) is 39.2 Å². The molecule has 1 atom stereocenters. The van der Waals surface area contributed by atoms with E-state index in [4.69, 9.17) is 0 Å². The van der Waals surface area contributed by atoms with Crippen molar-refractivity contribution in [2.75, 3.05) is 13.6 Å². The molecule has 1 N–H and O–H groups in total. The molecule has 18 heavy (non-hydrogen) atoms. The summed E-state index contributed by atoms with van der Waals surface area (Å²) < 4.78 is 0. The molecule has 110 valence electrons. The van der Waals surface area contributed by atoms with Crippen LogP contribution in [0.15, 0.2) is 24.8 Å². The highest BCUT2D eigenvalue weighted by atomic mass is 14.8. The number of nitrogens with one attached hydrogen (secondary N) is 1. The van der Waals surface area contributed by atoms with E-state index in [-0.39, 0.29) is 0 Å². The minimum atomic E-state index is 0.792. The molecule has 0 aromatic carbocycles. The molecule has 1 heteroatoms. The molecule has 0 fully saturated rings. The van der Waals surface area contributed by atoms with Crippen LogP contribution in [0.2, 0.25) is 0 Å². The molecule has 0 rings (SSSR count). The van der Waals surface area contributed by atoms with E-state index in [0.29, 0.717) is 0 Å². The van der Waals surface area contributed by atoms with Crippen LogP contribution in [0.4, 0.5) is 0 Å². The highest BCUT2D eigenvalue weighted by Crippen LogP contribution is 2.22. The van der Waals surface area contributed by atoms with Gasteiger partial charge in [0, 0.05) is 6.54 Å². The van der Waals surface area contributed by atoms with Gasteiger partial charge in [0.2, 0.25) is 0 Å². The molecule has 0 aliphatic carbocycles. The van der Waals surface area contributed by atoms with Crippen molar-refractivity contribution >= 4 is 0 Å². The predicted octanol–water partition coefficient (Wildman–Crippen LogP) is 5.59. The summed E-state index contributed by atoms with van der Waals surface area (Å²) in [7, 11) is 1.89. The zero-order valence-corrected chi connectivity index (χ0v) is 13.8. The van der Waals surface area contributed by atoms with Crippen LogP contribution in [0, 0.1) is 5.92 Å². The van der Waals surface area contributed by atoms with Crippen molar-refractivity contribution in [1.82, 2.24) is 5.32 Å². The third-order valence-corrected chi connectivity index (χ3v) is 2.78. The topological polar surface area (TPSA) is 12.0 Å². The van der Waals surface area contributed by atoms with E-state index in [1.807, 2.05) is 27.0 Å². The third-order valence-electron chi connectivity index (χ3n) is 2.78. The average Bonchev–Trinajstić information content (AvgIpc) is 2.43.